The largest absolute Gasteiger partial charge is 0.309 e. The van der Waals surface area contributed by atoms with Gasteiger partial charge in [-0.15, -0.1) is 11.3 Å². The summed E-state index contributed by atoms with van der Waals surface area (Å²) in [5, 5.41) is 6.63. The Labute approximate surface area is 117 Å². The van der Waals surface area contributed by atoms with Crippen LogP contribution < -0.4 is 5.32 Å². The molecule has 0 saturated carbocycles. The van der Waals surface area contributed by atoms with Gasteiger partial charge in [0.2, 0.25) is 0 Å². The first kappa shape index (κ1) is 14.2. The molecule has 19 heavy (non-hydrogen) atoms. The fourth-order valence-corrected chi connectivity index (χ4v) is 2.84. The number of nitrogens with zero attached hydrogens (tertiary/aromatic N) is 1. The highest BCUT2D eigenvalue weighted by Gasteiger charge is 2.15. The van der Waals surface area contributed by atoms with Gasteiger partial charge >= 0.3 is 0 Å². The molecule has 1 heterocycles. The minimum absolute atomic E-state index is 0.175. The average Bonchev–Trinajstić information content (AvgIpc) is 2.78. The first-order valence-electron chi connectivity index (χ1n) is 6.50. The molecule has 0 aliphatic carbocycles. The lowest BCUT2D eigenvalue weighted by Crippen LogP contribution is -2.23. The van der Waals surface area contributed by atoms with E-state index in [4.69, 9.17) is 0 Å². The molecule has 2 rings (SSSR count). The third kappa shape index (κ3) is 3.61. The Hall–Kier alpha value is -1.26. The summed E-state index contributed by atoms with van der Waals surface area (Å²) in [5.41, 5.74) is 3.24. The first-order valence-corrected chi connectivity index (χ1v) is 7.38. The first-order chi connectivity index (χ1) is 9.10. The standard InChI is InChI=1S/C15H19FN2S/c1-4-17-14(15-9-19-11(3)18-15)8-12-5-6-13(16)7-10(12)2/h5-7,9,14,17H,4,8H2,1-3H3. The molecule has 2 aromatic rings. The number of likely N-dealkylation sites (N-methyl/N-ethyl adjacent to an activating group) is 1. The maximum atomic E-state index is 13.1. The van der Waals surface area contributed by atoms with Crippen LogP contribution in [0.1, 0.15) is 34.8 Å². The Morgan fingerprint density at radius 1 is 1.37 bits per heavy atom. The van der Waals surface area contributed by atoms with E-state index in [1.54, 1.807) is 17.4 Å². The van der Waals surface area contributed by atoms with E-state index < -0.39 is 0 Å². The summed E-state index contributed by atoms with van der Waals surface area (Å²) in [7, 11) is 0. The molecule has 1 aromatic carbocycles. The van der Waals surface area contributed by atoms with Crippen molar-refractivity contribution in [3.63, 3.8) is 0 Å². The molecule has 0 saturated heterocycles. The van der Waals surface area contributed by atoms with Crippen LogP contribution in [-0.2, 0) is 6.42 Å². The molecule has 1 unspecified atom stereocenters. The van der Waals surface area contributed by atoms with Crippen molar-refractivity contribution in [3.8, 4) is 0 Å². The molecule has 2 nitrogen and oxygen atoms in total. The smallest absolute Gasteiger partial charge is 0.123 e. The van der Waals surface area contributed by atoms with Crippen molar-refractivity contribution in [3.05, 3.63) is 51.2 Å². The van der Waals surface area contributed by atoms with Crippen LogP contribution in [0.4, 0.5) is 4.39 Å². The molecule has 1 aromatic heterocycles. The van der Waals surface area contributed by atoms with Gasteiger partial charge in [0.15, 0.2) is 0 Å². The Bertz CT molecular complexity index is 551. The van der Waals surface area contributed by atoms with Crippen LogP contribution in [0.5, 0.6) is 0 Å². The van der Waals surface area contributed by atoms with Crippen LogP contribution in [0, 0.1) is 19.7 Å². The predicted octanol–water partition coefficient (Wildman–Crippen LogP) is 3.79. The van der Waals surface area contributed by atoms with Gasteiger partial charge in [-0.3, -0.25) is 0 Å². The Morgan fingerprint density at radius 3 is 2.74 bits per heavy atom. The van der Waals surface area contributed by atoms with Gasteiger partial charge in [0.25, 0.3) is 0 Å². The van der Waals surface area contributed by atoms with Crippen molar-refractivity contribution in [1.82, 2.24) is 10.3 Å². The van der Waals surface area contributed by atoms with E-state index in [9.17, 15) is 4.39 Å². The van der Waals surface area contributed by atoms with Gasteiger partial charge in [0.1, 0.15) is 5.82 Å². The molecule has 0 fully saturated rings. The summed E-state index contributed by atoms with van der Waals surface area (Å²) >= 11 is 1.66. The van der Waals surface area contributed by atoms with Gasteiger partial charge in [-0.05, 0) is 50.1 Å². The molecule has 0 amide bonds. The van der Waals surface area contributed by atoms with Crippen molar-refractivity contribution in [2.75, 3.05) is 6.54 Å². The molecular weight excluding hydrogens is 259 g/mol. The van der Waals surface area contributed by atoms with Gasteiger partial charge in [-0.1, -0.05) is 13.0 Å². The van der Waals surface area contributed by atoms with Gasteiger partial charge < -0.3 is 5.32 Å². The van der Waals surface area contributed by atoms with Crippen molar-refractivity contribution in [2.24, 2.45) is 0 Å². The maximum absolute atomic E-state index is 13.1. The molecular formula is C15H19FN2S. The lowest BCUT2D eigenvalue weighted by atomic mass is 9.99. The zero-order chi connectivity index (χ0) is 13.8. The zero-order valence-electron chi connectivity index (χ0n) is 11.5. The Kier molecular flexibility index (Phi) is 4.66. The van der Waals surface area contributed by atoms with Crippen molar-refractivity contribution < 1.29 is 4.39 Å². The lowest BCUT2D eigenvalue weighted by molar-refractivity contribution is 0.536. The fourth-order valence-electron chi connectivity index (χ4n) is 2.18. The summed E-state index contributed by atoms with van der Waals surface area (Å²) in [6, 6.07) is 5.18. The summed E-state index contributed by atoms with van der Waals surface area (Å²) in [5.74, 6) is -0.175. The second kappa shape index (κ2) is 6.26. The van der Waals surface area contributed by atoms with E-state index in [1.165, 1.54) is 6.07 Å². The van der Waals surface area contributed by atoms with Crippen LogP contribution in [-0.4, -0.2) is 11.5 Å². The minimum atomic E-state index is -0.175. The van der Waals surface area contributed by atoms with E-state index in [1.807, 2.05) is 19.9 Å². The Balaban J connectivity index is 2.21. The van der Waals surface area contributed by atoms with Gasteiger partial charge in [-0.2, -0.15) is 0 Å². The van der Waals surface area contributed by atoms with Gasteiger partial charge in [0, 0.05) is 5.38 Å². The molecule has 0 radical (unpaired) electrons. The maximum Gasteiger partial charge on any atom is 0.123 e. The zero-order valence-corrected chi connectivity index (χ0v) is 12.4. The molecule has 1 atom stereocenters. The number of benzene rings is 1. The summed E-state index contributed by atoms with van der Waals surface area (Å²) < 4.78 is 13.1. The van der Waals surface area contributed by atoms with Gasteiger partial charge in [0.05, 0.1) is 16.7 Å². The van der Waals surface area contributed by atoms with Crippen molar-refractivity contribution in [2.45, 2.75) is 33.2 Å². The summed E-state index contributed by atoms with van der Waals surface area (Å²) in [4.78, 5) is 4.55. The Morgan fingerprint density at radius 2 is 2.16 bits per heavy atom. The number of rotatable bonds is 5. The highest BCUT2D eigenvalue weighted by Crippen LogP contribution is 2.22. The normalized spacial score (nSPS) is 12.6. The SMILES string of the molecule is CCNC(Cc1ccc(F)cc1C)c1csc(C)n1. The number of hydrogen-bond donors (Lipinski definition) is 1. The third-order valence-corrected chi connectivity index (χ3v) is 3.96. The van der Waals surface area contributed by atoms with Crippen LogP contribution in [0.25, 0.3) is 0 Å². The number of thiazole rings is 1. The van der Waals surface area contributed by atoms with Gasteiger partial charge in [-0.25, -0.2) is 9.37 Å². The number of hydrogen-bond acceptors (Lipinski definition) is 3. The average molecular weight is 278 g/mol. The minimum Gasteiger partial charge on any atom is -0.309 e. The second-order valence-corrected chi connectivity index (χ2v) is 5.74. The van der Waals surface area contributed by atoms with E-state index in [2.05, 4.69) is 22.6 Å². The number of aryl methyl sites for hydroxylation is 2. The third-order valence-electron chi connectivity index (χ3n) is 3.17. The predicted molar refractivity (Wildman–Crippen MR) is 78.1 cm³/mol. The fraction of sp³-hybridized carbons (Fsp3) is 0.400. The van der Waals surface area contributed by atoms with E-state index in [0.29, 0.717) is 0 Å². The molecule has 0 aliphatic heterocycles. The van der Waals surface area contributed by atoms with E-state index >= 15 is 0 Å². The van der Waals surface area contributed by atoms with Crippen molar-refractivity contribution >= 4 is 11.3 Å². The van der Waals surface area contributed by atoms with Crippen molar-refractivity contribution in [1.29, 1.82) is 0 Å². The molecule has 1 N–H and O–H groups in total. The highest BCUT2D eigenvalue weighted by molar-refractivity contribution is 7.09. The number of aromatic nitrogens is 1. The molecule has 0 aliphatic rings. The second-order valence-electron chi connectivity index (χ2n) is 4.68. The molecule has 102 valence electrons. The number of halogens is 1. The van der Waals surface area contributed by atoms with Crippen LogP contribution >= 0.6 is 11.3 Å². The molecule has 4 heteroatoms. The molecule has 0 bridgehead atoms. The van der Waals surface area contributed by atoms with Crippen LogP contribution in [0.15, 0.2) is 23.6 Å². The monoisotopic (exact) mass is 278 g/mol. The summed E-state index contributed by atoms with van der Waals surface area (Å²) in [6.45, 7) is 6.94. The topological polar surface area (TPSA) is 24.9 Å². The molecule has 0 spiro atoms. The quantitative estimate of drug-likeness (QED) is 0.900. The van der Waals surface area contributed by atoms with Crippen LogP contribution in [0.2, 0.25) is 0 Å². The van der Waals surface area contributed by atoms with E-state index in [0.717, 1.165) is 34.8 Å². The summed E-state index contributed by atoms with van der Waals surface area (Å²) in [6.07, 6.45) is 0.836. The van der Waals surface area contributed by atoms with E-state index in [-0.39, 0.29) is 11.9 Å². The van der Waals surface area contributed by atoms with Crippen LogP contribution in [0.3, 0.4) is 0 Å². The number of nitrogens with one attached hydrogen (secondary N) is 1. The highest BCUT2D eigenvalue weighted by atomic mass is 32.1. The lowest BCUT2D eigenvalue weighted by Gasteiger charge is -2.17.